The van der Waals surface area contributed by atoms with Crippen molar-refractivity contribution in [2.24, 2.45) is 0 Å². The number of para-hydroxylation sites is 1. The second kappa shape index (κ2) is 8.33. The lowest BCUT2D eigenvalue weighted by atomic mass is 10.0. The zero-order chi connectivity index (χ0) is 19.4. The molecule has 2 heterocycles. The predicted octanol–water partition coefficient (Wildman–Crippen LogP) is 2.24. The van der Waals surface area contributed by atoms with E-state index in [2.05, 4.69) is 15.3 Å². The number of anilines is 1. The number of nitrogens with zero attached hydrogens (tertiary/aromatic N) is 2. The van der Waals surface area contributed by atoms with Crippen molar-refractivity contribution in [3.05, 3.63) is 57.5 Å². The first kappa shape index (κ1) is 19.1. The van der Waals surface area contributed by atoms with Crippen molar-refractivity contribution in [1.82, 2.24) is 15.3 Å². The van der Waals surface area contributed by atoms with Crippen LogP contribution < -0.4 is 15.9 Å². The molecule has 27 heavy (non-hydrogen) atoms. The number of halogens is 1. The molecule has 1 aliphatic rings. The van der Waals surface area contributed by atoms with E-state index in [1.54, 1.807) is 19.1 Å². The summed E-state index contributed by atoms with van der Waals surface area (Å²) in [4.78, 5) is 32.2. The Morgan fingerprint density at radius 2 is 2.00 bits per heavy atom. The van der Waals surface area contributed by atoms with Gasteiger partial charge in [0, 0.05) is 36.9 Å². The Hall–Kier alpha value is -2.70. The zero-order valence-corrected chi connectivity index (χ0v) is 15.7. The SMILES string of the molecule is Cc1nc(=O)[nH]c(C)c1CCC(=O)NC1CCN(c2ccccc2F)CC1. The van der Waals surface area contributed by atoms with Crippen molar-refractivity contribution in [3.8, 4) is 0 Å². The summed E-state index contributed by atoms with van der Waals surface area (Å²) in [6.45, 7) is 5.04. The minimum absolute atomic E-state index is 0.00987. The number of aromatic nitrogens is 2. The normalized spacial score (nSPS) is 15.0. The van der Waals surface area contributed by atoms with Crippen LogP contribution in [0.15, 0.2) is 29.1 Å². The number of rotatable bonds is 5. The number of H-pyrrole nitrogens is 1. The highest BCUT2D eigenvalue weighted by atomic mass is 19.1. The number of amides is 1. The number of aryl methyl sites for hydroxylation is 2. The Morgan fingerprint density at radius 3 is 2.67 bits per heavy atom. The van der Waals surface area contributed by atoms with E-state index >= 15 is 0 Å². The van der Waals surface area contributed by atoms with Crippen LogP contribution in [-0.4, -0.2) is 35.0 Å². The van der Waals surface area contributed by atoms with Gasteiger partial charge in [0.05, 0.1) is 5.69 Å². The lowest BCUT2D eigenvalue weighted by molar-refractivity contribution is -0.121. The van der Waals surface area contributed by atoms with E-state index in [1.807, 2.05) is 17.9 Å². The predicted molar refractivity (Wildman–Crippen MR) is 102 cm³/mol. The summed E-state index contributed by atoms with van der Waals surface area (Å²) in [5.74, 6) is -0.218. The second-order valence-corrected chi connectivity index (χ2v) is 7.01. The molecule has 0 radical (unpaired) electrons. The Kier molecular flexibility index (Phi) is 5.88. The van der Waals surface area contributed by atoms with Crippen molar-refractivity contribution in [3.63, 3.8) is 0 Å². The Bertz CT molecular complexity index is 846. The van der Waals surface area contributed by atoms with Crippen LogP contribution in [0.3, 0.4) is 0 Å². The third kappa shape index (κ3) is 4.72. The molecule has 1 fully saturated rings. The van der Waals surface area contributed by atoms with Gasteiger partial charge in [-0.05, 0) is 50.8 Å². The molecule has 1 aromatic heterocycles. The molecular weight excluding hydrogens is 347 g/mol. The van der Waals surface area contributed by atoms with Crippen LogP contribution in [0, 0.1) is 19.7 Å². The van der Waals surface area contributed by atoms with Crippen molar-refractivity contribution in [2.45, 2.75) is 45.6 Å². The average molecular weight is 372 g/mol. The maximum atomic E-state index is 13.9. The molecule has 6 nitrogen and oxygen atoms in total. The highest BCUT2D eigenvalue weighted by Gasteiger charge is 2.22. The summed E-state index contributed by atoms with van der Waals surface area (Å²) in [5.41, 5.74) is 2.61. The Morgan fingerprint density at radius 1 is 1.30 bits per heavy atom. The topological polar surface area (TPSA) is 78.1 Å². The smallest absolute Gasteiger partial charge is 0.345 e. The molecule has 7 heteroatoms. The maximum absolute atomic E-state index is 13.9. The molecule has 3 rings (SSSR count). The first-order valence-corrected chi connectivity index (χ1v) is 9.29. The number of hydrogen-bond acceptors (Lipinski definition) is 4. The van der Waals surface area contributed by atoms with Crippen molar-refractivity contribution in [1.29, 1.82) is 0 Å². The minimum Gasteiger partial charge on any atom is -0.369 e. The van der Waals surface area contributed by atoms with E-state index in [0.717, 1.165) is 24.1 Å². The van der Waals surface area contributed by atoms with E-state index in [0.29, 0.717) is 37.3 Å². The van der Waals surface area contributed by atoms with E-state index in [9.17, 15) is 14.0 Å². The van der Waals surface area contributed by atoms with E-state index < -0.39 is 0 Å². The fraction of sp³-hybridized carbons (Fsp3) is 0.450. The Labute approximate surface area is 157 Å². The summed E-state index contributed by atoms with van der Waals surface area (Å²) in [6.07, 6.45) is 2.47. The van der Waals surface area contributed by atoms with Gasteiger partial charge in [0.15, 0.2) is 0 Å². The number of nitrogens with one attached hydrogen (secondary N) is 2. The van der Waals surface area contributed by atoms with Gasteiger partial charge in [-0.15, -0.1) is 0 Å². The number of benzene rings is 1. The molecular formula is C20H25FN4O2. The summed E-state index contributed by atoms with van der Waals surface area (Å²) in [5, 5.41) is 3.07. The van der Waals surface area contributed by atoms with Crippen molar-refractivity contribution < 1.29 is 9.18 Å². The van der Waals surface area contributed by atoms with Crippen molar-refractivity contribution >= 4 is 11.6 Å². The van der Waals surface area contributed by atoms with Crippen LogP contribution in [0.25, 0.3) is 0 Å². The van der Waals surface area contributed by atoms with Crippen LogP contribution >= 0.6 is 0 Å². The number of piperidine rings is 1. The molecule has 0 spiro atoms. The molecule has 0 aliphatic carbocycles. The quantitative estimate of drug-likeness (QED) is 0.844. The third-order valence-corrected chi connectivity index (χ3v) is 5.11. The van der Waals surface area contributed by atoms with Gasteiger partial charge >= 0.3 is 5.69 Å². The first-order chi connectivity index (χ1) is 12.9. The monoisotopic (exact) mass is 372 g/mol. The molecule has 0 unspecified atom stereocenters. The summed E-state index contributed by atoms with van der Waals surface area (Å²) >= 11 is 0. The highest BCUT2D eigenvalue weighted by Crippen LogP contribution is 2.23. The van der Waals surface area contributed by atoms with E-state index in [4.69, 9.17) is 0 Å². The van der Waals surface area contributed by atoms with Gasteiger partial charge in [0.2, 0.25) is 5.91 Å². The van der Waals surface area contributed by atoms with Gasteiger partial charge < -0.3 is 15.2 Å². The van der Waals surface area contributed by atoms with Gasteiger partial charge in [-0.3, -0.25) is 4.79 Å². The molecule has 0 saturated carbocycles. The second-order valence-electron chi connectivity index (χ2n) is 7.01. The van der Waals surface area contributed by atoms with Gasteiger partial charge in [-0.25, -0.2) is 9.18 Å². The fourth-order valence-electron chi connectivity index (χ4n) is 3.63. The summed E-state index contributed by atoms with van der Waals surface area (Å²) < 4.78 is 13.9. The summed E-state index contributed by atoms with van der Waals surface area (Å²) in [7, 11) is 0. The lowest BCUT2D eigenvalue weighted by Crippen LogP contribution is -2.45. The molecule has 1 aromatic carbocycles. The molecule has 0 bridgehead atoms. The lowest BCUT2D eigenvalue weighted by Gasteiger charge is -2.34. The van der Waals surface area contributed by atoms with Crippen LogP contribution in [0.4, 0.5) is 10.1 Å². The third-order valence-electron chi connectivity index (χ3n) is 5.11. The van der Waals surface area contributed by atoms with E-state index in [1.165, 1.54) is 6.07 Å². The number of carbonyl (C=O) groups is 1. The molecule has 1 aliphatic heterocycles. The average Bonchev–Trinajstić information content (AvgIpc) is 2.62. The van der Waals surface area contributed by atoms with Gasteiger partial charge in [0.25, 0.3) is 0 Å². The zero-order valence-electron chi connectivity index (χ0n) is 15.7. The molecule has 144 valence electrons. The van der Waals surface area contributed by atoms with Crippen molar-refractivity contribution in [2.75, 3.05) is 18.0 Å². The Balaban J connectivity index is 1.49. The molecule has 1 amide bonds. The molecule has 2 aromatic rings. The highest BCUT2D eigenvalue weighted by molar-refractivity contribution is 5.76. The van der Waals surface area contributed by atoms with Crippen LogP contribution in [0.1, 0.15) is 36.2 Å². The fourth-order valence-corrected chi connectivity index (χ4v) is 3.63. The number of carbonyl (C=O) groups excluding carboxylic acids is 1. The van der Waals surface area contributed by atoms with E-state index in [-0.39, 0.29) is 23.5 Å². The minimum atomic E-state index is -0.361. The molecule has 2 N–H and O–H groups in total. The first-order valence-electron chi connectivity index (χ1n) is 9.29. The van der Waals surface area contributed by atoms with Crippen LogP contribution in [0.2, 0.25) is 0 Å². The standard InChI is InChI=1S/C20H25FN4O2/c1-13-16(14(2)23-20(27)22-13)7-8-19(26)24-15-9-11-25(12-10-15)18-6-4-3-5-17(18)21/h3-6,15H,7-12H2,1-2H3,(H,24,26)(H,22,23,27). The van der Waals surface area contributed by atoms with Crippen LogP contribution in [0.5, 0.6) is 0 Å². The molecule has 1 saturated heterocycles. The largest absolute Gasteiger partial charge is 0.369 e. The van der Waals surface area contributed by atoms with Gasteiger partial charge in [-0.1, -0.05) is 12.1 Å². The van der Waals surface area contributed by atoms with Gasteiger partial charge in [0.1, 0.15) is 5.82 Å². The van der Waals surface area contributed by atoms with Gasteiger partial charge in [-0.2, -0.15) is 4.98 Å². The molecule has 0 atom stereocenters. The number of aromatic amines is 1. The summed E-state index contributed by atoms with van der Waals surface area (Å²) in [6, 6.07) is 6.89. The van der Waals surface area contributed by atoms with Crippen LogP contribution in [-0.2, 0) is 11.2 Å². The number of hydrogen-bond donors (Lipinski definition) is 2. The maximum Gasteiger partial charge on any atom is 0.345 e.